The second-order valence-corrected chi connectivity index (χ2v) is 9.10. The van der Waals surface area contributed by atoms with Crippen LogP contribution in [-0.2, 0) is 16.1 Å². The van der Waals surface area contributed by atoms with Crippen molar-refractivity contribution < 1.29 is 23.5 Å². The van der Waals surface area contributed by atoms with Crippen LogP contribution in [0.1, 0.15) is 21.5 Å². The molecule has 2 heterocycles. The van der Waals surface area contributed by atoms with Crippen molar-refractivity contribution in [3.8, 4) is 0 Å². The van der Waals surface area contributed by atoms with Crippen LogP contribution in [0.5, 0.6) is 0 Å². The van der Waals surface area contributed by atoms with E-state index in [9.17, 15) is 18.8 Å². The summed E-state index contributed by atoms with van der Waals surface area (Å²) in [4.78, 5) is 43.6. The molecule has 4 rings (SSSR count). The fourth-order valence-electron chi connectivity index (χ4n) is 3.92. The highest BCUT2D eigenvalue weighted by Crippen LogP contribution is 2.33. The standard InChI is InChI=1S/C25H26FN3O4S/c1-33-14-13-27-9-11-28(12-10-27)23(30)19-7-4-5-18(15-19)16-22-24(31)29(25(32)34-22)17-20-6-2-3-8-21(20)26/h2-8,15-16H,9-14,17H2,1H3/b22-16-. The summed E-state index contributed by atoms with van der Waals surface area (Å²) in [6, 6.07) is 13.1. The smallest absolute Gasteiger partial charge is 0.293 e. The molecule has 0 saturated carbocycles. The highest BCUT2D eigenvalue weighted by atomic mass is 32.2. The Morgan fingerprint density at radius 1 is 1.09 bits per heavy atom. The number of halogens is 1. The molecule has 34 heavy (non-hydrogen) atoms. The Hall–Kier alpha value is -3.01. The first-order valence-corrected chi connectivity index (χ1v) is 11.9. The minimum absolute atomic E-state index is 0.0608. The van der Waals surface area contributed by atoms with E-state index in [0.717, 1.165) is 36.3 Å². The van der Waals surface area contributed by atoms with Gasteiger partial charge in [-0.15, -0.1) is 0 Å². The van der Waals surface area contributed by atoms with Crippen molar-refractivity contribution in [2.75, 3.05) is 46.4 Å². The lowest BCUT2D eigenvalue weighted by Crippen LogP contribution is -2.49. The Balaban J connectivity index is 1.43. The predicted molar refractivity (Wildman–Crippen MR) is 129 cm³/mol. The van der Waals surface area contributed by atoms with E-state index < -0.39 is 17.0 Å². The highest BCUT2D eigenvalue weighted by molar-refractivity contribution is 8.18. The lowest BCUT2D eigenvalue weighted by molar-refractivity contribution is -0.123. The zero-order valence-electron chi connectivity index (χ0n) is 18.9. The Kier molecular flexibility index (Phi) is 7.77. The molecule has 0 radical (unpaired) electrons. The number of hydrogen-bond donors (Lipinski definition) is 0. The lowest BCUT2D eigenvalue weighted by Gasteiger charge is -2.34. The SMILES string of the molecule is COCCN1CCN(C(=O)c2cccc(/C=C3\SC(=O)N(Cc4ccccc4F)C3=O)c2)CC1. The second kappa shape index (κ2) is 10.9. The van der Waals surface area contributed by atoms with Crippen LogP contribution >= 0.6 is 11.8 Å². The van der Waals surface area contributed by atoms with Crippen LogP contribution in [0.4, 0.5) is 9.18 Å². The molecule has 0 atom stereocenters. The molecule has 0 aliphatic carbocycles. The summed E-state index contributed by atoms with van der Waals surface area (Å²) in [6.07, 6.45) is 1.60. The molecule has 0 spiro atoms. The number of imide groups is 1. The van der Waals surface area contributed by atoms with Gasteiger partial charge in [0.15, 0.2) is 0 Å². The van der Waals surface area contributed by atoms with Crippen LogP contribution < -0.4 is 0 Å². The summed E-state index contributed by atoms with van der Waals surface area (Å²) >= 11 is 0.816. The number of ether oxygens (including phenoxy) is 1. The number of hydrogen-bond acceptors (Lipinski definition) is 6. The first-order chi connectivity index (χ1) is 16.5. The molecule has 7 nitrogen and oxygen atoms in total. The van der Waals surface area contributed by atoms with Crippen molar-refractivity contribution in [1.82, 2.24) is 14.7 Å². The maximum Gasteiger partial charge on any atom is 0.293 e. The largest absolute Gasteiger partial charge is 0.383 e. The molecule has 2 aromatic carbocycles. The molecule has 178 valence electrons. The number of piperazine rings is 1. The molecule has 2 fully saturated rings. The fraction of sp³-hybridized carbons (Fsp3) is 0.320. The van der Waals surface area contributed by atoms with Crippen molar-refractivity contribution in [2.24, 2.45) is 0 Å². The van der Waals surface area contributed by atoms with Crippen molar-refractivity contribution in [3.63, 3.8) is 0 Å². The lowest BCUT2D eigenvalue weighted by atomic mass is 10.1. The van der Waals surface area contributed by atoms with Gasteiger partial charge >= 0.3 is 0 Å². The van der Waals surface area contributed by atoms with Gasteiger partial charge in [0.05, 0.1) is 18.1 Å². The number of amides is 3. The molecule has 0 unspecified atom stereocenters. The van der Waals surface area contributed by atoms with Crippen LogP contribution in [0.25, 0.3) is 6.08 Å². The predicted octanol–water partition coefficient (Wildman–Crippen LogP) is 3.47. The molecular weight excluding hydrogens is 457 g/mol. The molecule has 0 bridgehead atoms. The molecule has 2 saturated heterocycles. The summed E-state index contributed by atoms with van der Waals surface area (Å²) in [6.45, 7) is 4.27. The average Bonchev–Trinajstić information content (AvgIpc) is 3.11. The van der Waals surface area contributed by atoms with Gasteiger partial charge < -0.3 is 9.64 Å². The van der Waals surface area contributed by atoms with Crippen molar-refractivity contribution in [3.05, 3.63) is 75.9 Å². The van der Waals surface area contributed by atoms with Crippen molar-refractivity contribution in [1.29, 1.82) is 0 Å². The Bertz CT molecular complexity index is 1110. The Labute approximate surface area is 202 Å². The topological polar surface area (TPSA) is 70.2 Å². The maximum absolute atomic E-state index is 14.0. The molecule has 0 aromatic heterocycles. The number of nitrogens with zero attached hydrogens (tertiary/aromatic N) is 3. The van der Waals surface area contributed by atoms with Gasteiger partial charge in [0.1, 0.15) is 5.82 Å². The first-order valence-electron chi connectivity index (χ1n) is 11.1. The Morgan fingerprint density at radius 3 is 2.59 bits per heavy atom. The van der Waals surface area contributed by atoms with E-state index in [1.165, 1.54) is 6.07 Å². The van der Waals surface area contributed by atoms with Gasteiger partial charge in [-0.05, 0) is 41.6 Å². The van der Waals surface area contributed by atoms with Crippen LogP contribution in [0.2, 0.25) is 0 Å². The van der Waals surface area contributed by atoms with Crippen molar-refractivity contribution >= 4 is 34.9 Å². The van der Waals surface area contributed by atoms with Gasteiger partial charge in [-0.25, -0.2) is 4.39 Å². The molecule has 0 N–H and O–H groups in total. The quantitative estimate of drug-likeness (QED) is 0.562. The molecule has 2 aliphatic heterocycles. The average molecular weight is 484 g/mol. The number of benzene rings is 2. The van der Waals surface area contributed by atoms with E-state index in [1.807, 2.05) is 4.90 Å². The molecule has 3 amide bonds. The summed E-state index contributed by atoms with van der Waals surface area (Å²) in [7, 11) is 1.68. The summed E-state index contributed by atoms with van der Waals surface area (Å²) in [5.41, 5.74) is 1.46. The first kappa shape index (κ1) is 24.1. The minimum Gasteiger partial charge on any atom is -0.383 e. The van der Waals surface area contributed by atoms with Gasteiger partial charge in [0.25, 0.3) is 17.1 Å². The zero-order valence-corrected chi connectivity index (χ0v) is 19.7. The summed E-state index contributed by atoms with van der Waals surface area (Å²) in [5, 5.41) is -0.446. The second-order valence-electron chi connectivity index (χ2n) is 8.11. The van der Waals surface area contributed by atoms with E-state index in [-0.39, 0.29) is 22.9 Å². The number of methoxy groups -OCH3 is 1. The van der Waals surface area contributed by atoms with Gasteiger partial charge in [-0.1, -0.05) is 30.3 Å². The number of rotatable bonds is 7. The van der Waals surface area contributed by atoms with E-state index in [2.05, 4.69) is 4.90 Å². The molecular formula is C25H26FN3O4S. The third-order valence-electron chi connectivity index (χ3n) is 5.86. The maximum atomic E-state index is 14.0. The van der Waals surface area contributed by atoms with Crippen LogP contribution in [0.15, 0.2) is 53.4 Å². The number of carbonyl (C=O) groups is 3. The zero-order chi connectivity index (χ0) is 24.1. The van der Waals surface area contributed by atoms with Gasteiger partial charge in [-0.2, -0.15) is 0 Å². The van der Waals surface area contributed by atoms with E-state index in [0.29, 0.717) is 30.8 Å². The van der Waals surface area contributed by atoms with Gasteiger partial charge in [0.2, 0.25) is 0 Å². The van der Waals surface area contributed by atoms with Gasteiger partial charge in [-0.3, -0.25) is 24.2 Å². The number of carbonyl (C=O) groups excluding carboxylic acids is 3. The third kappa shape index (κ3) is 5.55. The van der Waals surface area contributed by atoms with Crippen molar-refractivity contribution in [2.45, 2.75) is 6.54 Å². The van der Waals surface area contributed by atoms with Crippen LogP contribution in [-0.4, -0.2) is 78.2 Å². The Morgan fingerprint density at radius 2 is 1.85 bits per heavy atom. The van der Waals surface area contributed by atoms with E-state index in [1.54, 1.807) is 55.7 Å². The van der Waals surface area contributed by atoms with E-state index in [4.69, 9.17) is 4.74 Å². The van der Waals surface area contributed by atoms with Crippen LogP contribution in [0.3, 0.4) is 0 Å². The molecule has 9 heteroatoms. The van der Waals surface area contributed by atoms with E-state index >= 15 is 0 Å². The van der Waals surface area contributed by atoms with Gasteiger partial charge in [0, 0.05) is 51.0 Å². The van der Waals surface area contributed by atoms with Crippen LogP contribution in [0, 0.1) is 5.82 Å². The molecule has 2 aliphatic rings. The third-order valence-corrected chi connectivity index (χ3v) is 6.77. The minimum atomic E-state index is -0.470. The highest BCUT2D eigenvalue weighted by Gasteiger charge is 2.35. The fourth-order valence-corrected chi connectivity index (χ4v) is 4.76. The normalized spacial score (nSPS) is 18.2. The number of thioether (sulfide) groups is 1. The summed E-state index contributed by atoms with van der Waals surface area (Å²) < 4.78 is 19.1. The summed E-state index contributed by atoms with van der Waals surface area (Å²) in [5.74, 6) is -0.993. The molecule has 2 aromatic rings. The monoisotopic (exact) mass is 483 g/mol.